The fraction of sp³-hybridized carbons (Fsp3) is 0.629. The monoisotopic (exact) mass is 687 g/mol. The van der Waals surface area contributed by atoms with Crippen LogP contribution < -0.4 is 9.64 Å². The molecule has 3 saturated heterocycles. The lowest BCUT2D eigenvalue weighted by Gasteiger charge is -2.37. The van der Waals surface area contributed by atoms with Crippen molar-refractivity contribution in [1.82, 2.24) is 9.80 Å². The summed E-state index contributed by atoms with van der Waals surface area (Å²) in [5, 5.41) is 9.23. The average Bonchev–Trinajstić information content (AvgIpc) is 3.62. The standard InChI is InChI=1S/C35H50BrN3O6/c1-5-9-12-21-37(19-6-2)34(43)31-35-24-27(36)30(45-35)28(29(35)33(42)39(31)22-13-10-11-14-23-40)32(41)38(20-7-3)25-15-17-26(18-16-25)44-8-4/h6-7,15-18,27-31,40H,2-3,5,8-14,19-24H2,1,4H3/t27?,28-,29-,30-,31?,35?/m0/s1. The Kier molecular flexibility index (Phi) is 12.7. The second kappa shape index (κ2) is 16.2. The number of rotatable bonds is 19. The third kappa shape index (κ3) is 7.18. The zero-order valence-corrected chi connectivity index (χ0v) is 28.5. The van der Waals surface area contributed by atoms with E-state index in [4.69, 9.17) is 9.47 Å². The molecule has 3 amide bonds. The third-order valence-electron chi connectivity index (χ3n) is 9.35. The van der Waals surface area contributed by atoms with Crippen LogP contribution in [0.15, 0.2) is 49.6 Å². The maximum absolute atomic E-state index is 14.5. The summed E-state index contributed by atoms with van der Waals surface area (Å²) in [4.78, 5) is 48.5. The number of halogens is 1. The number of hydrogen-bond acceptors (Lipinski definition) is 6. The number of ether oxygens (including phenoxy) is 2. The van der Waals surface area contributed by atoms with Crippen LogP contribution in [0, 0.1) is 11.8 Å². The Bertz CT molecular complexity index is 1190. The normalized spacial score (nSPS) is 26.5. The highest BCUT2D eigenvalue weighted by Crippen LogP contribution is 2.60. The number of hydrogen-bond donors (Lipinski definition) is 1. The molecule has 1 aromatic carbocycles. The SMILES string of the molecule is C=CCN(CCCCC)C(=O)C1N(CCCCCCO)C(=O)[C@@H]2[C@H](C(=O)N(CC=C)c3ccc(OCC)cc3)[C@H]3OC12CC3Br. The smallest absolute Gasteiger partial charge is 0.248 e. The summed E-state index contributed by atoms with van der Waals surface area (Å²) in [6, 6.07) is 6.51. The Hall–Kier alpha value is -2.69. The molecule has 3 unspecified atom stereocenters. The molecule has 248 valence electrons. The largest absolute Gasteiger partial charge is 0.494 e. The minimum absolute atomic E-state index is 0.129. The highest BCUT2D eigenvalue weighted by atomic mass is 79.9. The molecule has 0 aromatic heterocycles. The predicted molar refractivity (Wildman–Crippen MR) is 179 cm³/mol. The van der Waals surface area contributed by atoms with Crippen LogP contribution in [-0.2, 0) is 19.1 Å². The molecular weight excluding hydrogens is 638 g/mol. The van der Waals surface area contributed by atoms with Gasteiger partial charge in [-0.3, -0.25) is 14.4 Å². The van der Waals surface area contributed by atoms with Crippen molar-refractivity contribution >= 4 is 39.3 Å². The number of aliphatic hydroxyl groups is 1. The number of carbonyl (C=O) groups is 3. The van der Waals surface area contributed by atoms with E-state index in [1.54, 1.807) is 26.9 Å². The van der Waals surface area contributed by atoms with Crippen LogP contribution >= 0.6 is 15.9 Å². The van der Waals surface area contributed by atoms with Crippen molar-refractivity contribution in [2.75, 3.05) is 44.3 Å². The summed E-state index contributed by atoms with van der Waals surface area (Å²) < 4.78 is 12.4. The van der Waals surface area contributed by atoms with Gasteiger partial charge >= 0.3 is 0 Å². The van der Waals surface area contributed by atoms with E-state index in [0.29, 0.717) is 56.9 Å². The van der Waals surface area contributed by atoms with E-state index < -0.39 is 29.6 Å². The van der Waals surface area contributed by atoms with E-state index in [0.717, 1.165) is 32.1 Å². The Morgan fingerprint density at radius 3 is 2.42 bits per heavy atom. The second-order valence-corrected chi connectivity index (χ2v) is 13.5. The van der Waals surface area contributed by atoms with Gasteiger partial charge in [0.05, 0.1) is 24.5 Å². The molecule has 3 aliphatic heterocycles. The minimum Gasteiger partial charge on any atom is -0.494 e. The molecule has 2 bridgehead atoms. The summed E-state index contributed by atoms with van der Waals surface area (Å²) in [5.74, 6) is -1.36. The van der Waals surface area contributed by atoms with Crippen LogP contribution in [0.3, 0.4) is 0 Å². The molecule has 4 rings (SSSR count). The number of carbonyl (C=O) groups excluding carboxylic acids is 3. The van der Waals surface area contributed by atoms with Crippen LogP contribution in [0.4, 0.5) is 5.69 Å². The zero-order chi connectivity index (χ0) is 32.6. The van der Waals surface area contributed by atoms with Gasteiger partial charge in [0, 0.05) is 43.3 Å². The predicted octanol–water partition coefficient (Wildman–Crippen LogP) is 5.11. The first-order valence-corrected chi connectivity index (χ1v) is 17.5. The molecule has 6 atom stereocenters. The number of likely N-dealkylation sites (tertiary alicyclic amines) is 1. The molecule has 10 heteroatoms. The Balaban J connectivity index is 1.70. The number of fused-ring (bicyclic) bond motifs is 1. The van der Waals surface area contributed by atoms with Gasteiger partial charge in [0.15, 0.2) is 0 Å². The summed E-state index contributed by atoms with van der Waals surface area (Å²) in [7, 11) is 0. The van der Waals surface area contributed by atoms with Crippen LogP contribution in [0.1, 0.15) is 65.2 Å². The molecule has 3 aliphatic rings. The lowest BCUT2D eigenvalue weighted by atomic mass is 9.70. The van der Waals surface area contributed by atoms with Gasteiger partial charge in [-0.15, -0.1) is 13.2 Å². The third-order valence-corrected chi connectivity index (χ3v) is 10.2. The fourth-order valence-electron chi connectivity index (χ4n) is 7.37. The minimum atomic E-state index is -1.11. The molecule has 3 fully saturated rings. The van der Waals surface area contributed by atoms with Gasteiger partial charge in [0.2, 0.25) is 17.7 Å². The van der Waals surface area contributed by atoms with Crippen molar-refractivity contribution in [3.8, 4) is 5.75 Å². The Labute approximate surface area is 276 Å². The number of unbranched alkanes of at least 4 members (excludes halogenated alkanes) is 5. The molecule has 9 nitrogen and oxygen atoms in total. The van der Waals surface area contributed by atoms with Gasteiger partial charge in [-0.25, -0.2) is 0 Å². The van der Waals surface area contributed by atoms with Crippen molar-refractivity contribution in [1.29, 1.82) is 0 Å². The molecule has 1 aromatic rings. The average molecular weight is 689 g/mol. The molecule has 0 radical (unpaired) electrons. The quantitative estimate of drug-likeness (QED) is 0.123. The molecule has 1 spiro atoms. The number of nitrogens with zero attached hydrogens (tertiary/aromatic N) is 3. The lowest BCUT2D eigenvalue weighted by Crippen LogP contribution is -2.57. The molecule has 0 saturated carbocycles. The Morgan fingerprint density at radius 1 is 1.07 bits per heavy atom. The maximum atomic E-state index is 14.5. The topological polar surface area (TPSA) is 99.6 Å². The maximum Gasteiger partial charge on any atom is 0.248 e. The van der Waals surface area contributed by atoms with Gasteiger partial charge in [-0.1, -0.05) is 60.7 Å². The first-order valence-electron chi connectivity index (χ1n) is 16.6. The molecule has 3 heterocycles. The molecule has 1 N–H and O–H groups in total. The van der Waals surface area contributed by atoms with Crippen LogP contribution in [0.2, 0.25) is 0 Å². The molecular formula is C35H50BrN3O6. The lowest BCUT2D eigenvalue weighted by molar-refractivity contribution is -0.147. The van der Waals surface area contributed by atoms with Crippen molar-refractivity contribution in [2.24, 2.45) is 11.8 Å². The van der Waals surface area contributed by atoms with Gasteiger partial charge in [0.25, 0.3) is 0 Å². The summed E-state index contributed by atoms with van der Waals surface area (Å²) in [5.41, 5.74) is -0.431. The van der Waals surface area contributed by atoms with Gasteiger partial charge in [-0.2, -0.15) is 0 Å². The van der Waals surface area contributed by atoms with E-state index in [2.05, 4.69) is 36.0 Å². The van der Waals surface area contributed by atoms with E-state index in [1.807, 2.05) is 31.2 Å². The van der Waals surface area contributed by atoms with Crippen LogP contribution in [0.25, 0.3) is 0 Å². The highest BCUT2D eigenvalue weighted by Gasteiger charge is 2.76. The van der Waals surface area contributed by atoms with Gasteiger partial charge in [0.1, 0.15) is 17.4 Å². The zero-order valence-electron chi connectivity index (χ0n) is 26.9. The number of anilines is 1. The van der Waals surface area contributed by atoms with E-state index in [-0.39, 0.29) is 35.7 Å². The van der Waals surface area contributed by atoms with Crippen molar-refractivity contribution in [3.63, 3.8) is 0 Å². The van der Waals surface area contributed by atoms with Crippen molar-refractivity contribution in [2.45, 2.75) is 87.8 Å². The number of amides is 3. The number of aliphatic hydroxyl groups excluding tert-OH is 1. The van der Waals surface area contributed by atoms with Crippen molar-refractivity contribution < 1.29 is 29.0 Å². The van der Waals surface area contributed by atoms with Crippen LogP contribution in [-0.4, -0.2) is 94.6 Å². The van der Waals surface area contributed by atoms with Crippen LogP contribution in [0.5, 0.6) is 5.75 Å². The van der Waals surface area contributed by atoms with Crippen molar-refractivity contribution in [3.05, 3.63) is 49.6 Å². The van der Waals surface area contributed by atoms with Gasteiger partial charge < -0.3 is 29.3 Å². The second-order valence-electron chi connectivity index (χ2n) is 12.3. The Morgan fingerprint density at radius 2 is 1.78 bits per heavy atom. The first kappa shape index (κ1) is 35.2. The first-order chi connectivity index (χ1) is 21.8. The number of alkyl halides is 1. The van der Waals surface area contributed by atoms with Gasteiger partial charge in [-0.05, 0) is 56.9 Å². The molecule has 45 heavy (non-hydrogen) atoms. The van der Waals surface area contributed by atoms with E-state index in [9.17, 15) is 19.5 Å². The fourth-order valence-corrected chi connectivity index (χ4v) is 8.32. The highest BCUT2D eigenvalue weighted by molar-refractivity contribution is 9.09. The summed E-state index contributed by atoms with van der Waals surface area (Å²) >= 11 is 3.80. The summed E-state index contributed by atoms with van der Waals surface area (Å²) in [6.07, 6.45) is 9.28. The number of benzene rings is 1. The van der Waals surface area contributed by atoms with E-state index in [1.165, 1.54) is 0 Å². The van der Waals surface area contributed by atoms with E-state index >= 15 is 0 Å². The molecule has 0 aliphatic carbocycles. The summed E-state index contributed by atoms with van der Waals surface area (Å²) in [6.45, 7) is 14.1.